The minimum atomic E-state index is -1.08. The zero-order valence-electron chi connectivity index (χ0n) is 13.1. The van der Waals surface area contributed by atoms with Gasteiger partial charge in [-0.25, -0.2) is 4.79 Å². The van der Waals surface area contributed by atoms with Gasteiger partial charge in [0.1, 0.15) is 12.1 Å². The number of aliphatic carboxylic acids is 1. The largest absolute Gasteiger partial charge is 0.480 e. The van der Waals surface area contributed by atoms with E-state index in [0.29, 0.717) is 6.42 Å². The fraction of sp³-hybridized carbons (Fsp3) is 0.786. The normalized spacial score (nSPS) is 14.6. The number of hydrogen-bond donors (Lipinski definition) is 3. The van der Waals surface area contributed by atoms with Crippen LogP contribution >= 0.6 is 0 Å². The van der Waals surface area contributed by atoms with Crippen LogP contribution in [0.4, 0.5) is 0 Å². The monoisotopic (exact) mass is 286 g/mol. The van der Waals surface area contributed by atoms with E-state index in [1.165, 1.54) is 6.92 Å². The lowest BCUT2D eigenvalue weighted by atomic mass is 9.92. The second-order valence-electron chi connectivity index (χ2n) is 6.60. The molecular formula is C14H26N2O4. The van der Waals surface area contributed by atoms with E-state index in [1.54, 1.807) is 13.8 Å². The number of carboxylic acids is 1. The molecule has 0 aromatic heterocycles. The van der Waals surface area contributed by atoms with Gasteiger partial charge in [0.15, 0.2) is 0 Å². The topological polar surface area (TPSA) is 95.5 Å². The Morgan fingerprint density at radius 2 is 1.55 bits per heavy atom. The van der Waals surface area contributed by atoms with Crippen molar-refractivity contribution in [3.8, 4) is 0 Å². The SMILES string of the molecule is CC(NC(=O)CC(C)(C)C)C(=O)N[C@H](C(=O)O)C(C)C. The van der Waals surface area contributed by atoms with E-state index >= 15 is 0 Å². The molecule has 0 bridgehead atoms. The van der Waals surface area contributed by atoms with Crippen molar-refractivity contribution in [2.75, 3.05) is 0 Å². The van der Waals surface area contributed by atoms with Crippen molar-refractivity contribution in [2.45, 2.75) is 60.0 Å². The smallest absolute Gasteiger partial charge is 0.326 e. The van der Waals surface area contributed by atoms with Crippen molar-refractivity contribution in [3.63, 3.8) is 0 Å². The third kappa shape index (κ3) is 7.11. The van der Waals surface area contributed by atoms with Gasteiger partial charge in [-0.2, -0.15) is 0 Å². The number of nitrogens with one attached hydrogen (secondary N) is 2. The highest BCUT2D eigenvalue weighted by molar-refractivity contribution is 5.90. The molecule has 3 N–H and O–H groups in total. The summed E-state index contributed by atoms with van der Waals surface area (Å²) < 4.78 is 0. The summed E-state index contributed by atoms with van der Waals surface area (Å²) >= 11 is 0. The highest BCUT2D eigenvalue weighted by Gasteiger charge is 2.26. The van der Waals surface area contributed by atoms with Gasteiger partial charge in [0.25, 0.3) is 0 Å². The van der Waals surface area contributed by atoms with Crippen molar-refractivity contribution in [2.24, 2.45) is 11.3 Å². The summed E-state index contributed by atoms with van der Waals surface area (Å²) in [6.07, 6.45) is 0.303. The Bertz CT molecular complexity index is 372. The van der Waals surface area contributed by atoms with Crippen molar-refractivity contribution in [3.05, 3.63) is 0 Å². The lowest BCUT2D eigenvalue weighted by molar-refractivity contribution is -0.143. The van der Waals surface area contributed by atoms with E-state index in [2.05, 4.69) is 10.6 Å². The van der Waals surface area contributed by atoms with Crippen molar-refractivity contribution in [1.29, 1.82) is 0 Å². The van der Waals surface area contributed by atoms with Crippen LogP contribution in [0.3, 0.4) is 0 Å². The Kier molecular flexibility index (Phi) is 6.68. The number of hydrogen-bond acceptors (Lipinski definition) is 3. The molecule has 0 aliphatic rings. The third-order valence-corrected chi connectivity index (χ3v) is 2.69. The van der Waals surface area contributed by atoms with Gasteiger partial charge in [-0.3, -0.25) is 9.59 Å². The van der Waals surface area contributed by atoms with Crippen LogP contribution in [0.15, 0.2) is 0 Å². The summed E-state index contributed by atoms with van der Waals surface area (Å²) in [7, 11) is 0. The molecule has 1 unspecified atom stereocenters. The van der Waals surface area contributed by atoms with Crippen LogP contribution in [0.5, 0.6) is 0 Å². The lowest BCUT2D eigenvalue weighted by Crippen LogP contribution is -2.52. The minimum Gasteiger partial charge on any atom is -0.480 e. The molecule has 0 aliphatic carbocycles. The second kappa shape index (κ2) is 7.26. The molecule has 0 aliphatic heterocycles. The minimum absolute atomic E-state index is 0.165. The van der Waals surface area contributed by atoms with E-state index in [-0.39, 0.29) is 17.2 Å². The van der Waals surface area contributed by atoms with E-state index in [4.69, 9.17) is 5.11 Å². The van der Waals surface area contributed by atoms with E-state index in [1.807, 2.05) is 20.8 Å². The molecule has 0 aromatic rings. The van der Waals surface area contributed by atoms with Crippen molar-refractivity contribution >= 4 is 17.8 Å². The Morgan fingerprint density at radius 1 is 1.05 bits per heavy atom. The van der Waals surface area contributed by atoms with Crippen LogP contribution in [0.1, 0.15) is 48.0 Å². The second-order valence-corrected chi connectivity index (χ2v) is 6.60. The maximum absolute atomic E-state index is 11.9. The summed E-state index contributed by atoms with van der Waals surface area (Å²) in [4.78, 5) is 34.6. The Labute approximate surface area is 120 Å². The average Bonchev–Trinajstić information content (AvgIpc) is 2.21. The Hall–Kier alpha value is -1.59. The number of rotatable bonds is 6. The fourth-order valence-corrected chi connectivity index (χ4v) is 1.63. The number of amides is 2. The van der Waals surface area contributed by atoms with E-state index < -0.39 is 24.0 Å². The van der Waals surface area contributed by atoms with Gasteiger partial charge in [-0.1, -0.05) is 34.6 Å². The van der Waals surface area contributed by atoms with E-state index in [0.717, 1.165) is 0 Å². The van der Waals surface area contributed by atoms with Crippen molar-refractivity contribution < 1.29 is 19.5 Å². The quantitative estimate of drug-likeness (QED) is 0.682. The number of carboxylic acid groups (broad SMARTS) is 1. The molecule has 0 aromatic carbocycles. The first kappa shape index (κ1) is 18.4. The standard InChI is InChI=1S/C14H26N2O4/c1-8(2)11(13(19)20)16-12(18)9(3)15-10(17)7-14(4,5)6/h8-9,11H,7H2,1-6H3,(H,15,17)(H,16,18)(H,19,20)/t9?,11-/m0/s1. The molecule has 2 atom stereocenters. The van der Waals surface area contributed by atoms with Crippen LogP contribution in [0, 0.1) is 11.3 Å². The van der Waals surface area contributed by atoms with Gasteiger partial charge in [0.2, 0.25) is 11.8 Å². The molecule has 0 rings (SSSR count). The third-order valence-electron chi connectivity index (χ3n) is 2.69. The van der Waals surface area contributed by atoms with Gasteiger partial charge in [-0.05, 0) is 18.3 Å². The average molecular weight is 286 g/mol. The molecule has 20 heavy (non-hydrogen) atoms. The summed E-state index contributed by atoms with van der Waals surface area (Å²) in [6.45, 7) is 10.7. The van der Waals surface area contributed by atoms with Gasteiger partial charge in [-0.15, -0.1) is 0 Å². The first-order chi connectivity index (χ1) is 8.94. The predicted octanol–water partition coefficient (Wildman–Crippen LogP) is 1.15. The van der Waals surface area contributed by atoms with Gasteiger partial charge in [0.05, 0.1) is 0 Å². The van der Waals surface area contributed by atoms with Gasteiger partial charge >= 0.3 is 5.97 Å². The van der Waals surface area contributed by atoms with E-state index in [9.17, 15) is 14.4 Å². The zero-order chi connectivity index (χ0) is 16.1. The molecular weight excluding hydrogens is 260 g/mol. The number of carbonyl (C=O) groups is 3. The first-order valence-electron chi connectivity index (χ1n) is 6.76. The summed E-state index contributed by atoms with van der Waals surface area (Å²) in [5, 5.41) is 14.0. The summed E-state index contributed by atoms with van der Waals surface area (Å²) in [5.41, 5.74) is -0.165. The van der Waals surface area contributed by atoms with Crippen LogP contribution in [-0.4, -0.2) is 35.0 Å². The maximum Gasteiger partial charge on any atom is 0.326 e. The molecule has 0 spiro atoms. The lowest BCUT2D eigenvalue weighted by Gasteiger charge is -2.22. The molecule has 2 amide bonds. The van der Waals surface area contributed by atoms with Crippen LogP contribution in [-0.2, 0) is 14.4 Å². The fourth-order valence-electron chi connectivity index (χ4n) is 1.63. The van der Waals surface area contributed by atoms with Crippen LogP contribution < -0.4 is 10.6 Å². The molecule has 0 saturated carbocycles. The van der Waals surface area contributed by atoms with Gasteiger partial charge < -0.3 is 15.7 Å². The highest BCUT2D eigenvalue weighted by atomic mass is 16.4. The number of carbonyl (C=O) groups excluding carboxylic acids is 2. The molecule has 6 nitrogen and oxygen atoms in total. The Balaban J connectivity index is 4.48. The van der Waals surface area contributed by atoms with Crippen LogP contribution in [0.25, 0.3) is 0 Å². The molecule has 116 valence electrons. The molecule has 0 saturated heterocycles. The molecule has 0 radical (unpaired) electrons. The molecule has 0 fully saturated rings. The molecule has 6 heteroatoms. The maximum atomic E-state index is 11.9. The van der Waals surface area contributed by atoms with Gasteiger partial charge in [0, 0.05) is 6.42 Å². The Morgan fingerprint density at radius 3 is 1.90 bits per heavy atom. The highest BCUT2D eigenvalue weighted by Crippen LogP contribution is 2.17. The summed E-state index contributed by atoms with van der Waals surface area (Å²) in [6, 6.07) is -1.71. The predicted molar refractivity (Wildman–Crippen MR) is 76.1 cm³/mol. The first-order valence-corrected chi connectivity index (χ1v) is 6.76. The van der Waals surface area contributed by atoms with Crippen LogP contribution in [0.2, 0.25) is 0 Å². The summed E-state index contributed by atoms with van der Waals surface area (Å²) in [5.74, 6) is -2.03. The zero-order valence-corrected chi connectivity index (χ0v) is 13.1. The molecule has 0 heterocycles. The van der Waals surface area contributed by atoms with Crippen molar-refractivity contribution in [1.82, 2.24) is 10.6 Å².